The fourth-order valence-corrected chi connectivity index (χ4v) is 2.78. The summed E-state index contributed by atoms with van der Waals surface area (Å²) in [7, 11) is 0. The summed E-state index contributed by atoms with van der Waals surface area (Å²) in [6.45, 7) is 1.91. The number of aryl methyl sites for hydroxylation is 1. The Morgan fingerprint density at radius 1 is 1.12 bits per heavy atom. The lowest BCUT2D eigenvalue weighted by atomic mass is 10.2. The molecular formula is C19H15Cl2N3O2. The number of nitrogens with zero attached hydrogens (tertiary/aromatic N) is 1. The van der Waals surface area contributed by atoms with Crippen LogP contribution in [0.25, 0.3) is 11.3 Å². The van der Waals surface area contributed by atoms with Gasteiger partial charge >= 0.3 is 6.03 Å². The number of anilines is 1. The molecule has 0 aliphatic carbocycles. The summed E-state index contributed by atoms with van der Waals surface area (Å²) in [6, 6.07) is 15.7. The van der Waals surface area contributed by atoms with Crippen molar-refractivity contribution in [1.82, 2.24) is 5.43 Å². The van der Waals surface area contributed by atoms with Crippen LogP contribution in [0.1, 0.15) is 11.3 Å². The molecule has 0 bridgehead atoms. The molecule has 0 aliphatic rings. The number of benzene rings is 2. The van der Waals surface area contributed by atoms with E-state index >= 15 is 0 Å². The van der Waals surface area contributed by atoms with Gasteiger partial charge in [0, 0.05) is 16.3 Å². The van der Waals surface area contributed by atoms with Gasteiger partial charge in [-0.05, 0) is 48.9 Å². The SMILES string of the molecule is Cc1ccccc1NC(=O)NN=Cc1ccc(-c2ccc(Cl)cc2Cl)o1. The first-order valence-corrected chi connectivity index (χ1v) is 8.49. The summed E-state index contributed by atoms with van der Waals surface area (Å²) in [5.74, 6) is 1.06. The summed E-state index contributed by atoms with van der Waals surface area (Å²) in [6.07, 6.45) is 1.41. The first kappa shape index (κ1) is 18.0. The summed E-state index contributed by atoms with van der Waals surface area (Å²) in [5, 5.41) is 7.64. The minimum atomic E-state index is -0.442. The van der Waals surface area contributed by atoms with Gasteiger partial charge in [-0.25, -0.2) is 10.2 Å². The van der Waals surface area contributed by atoms with Crippen molar-refractivity contribution < 1.29 is 9.21 Å². The Kier molecular flexibility index (Phi) is 5.61. The predicted octanol–water partition coefficient (Wildman–Crippen LogP) is 5.72. The lowest BCUT2D eigenvalue weighted by Crippen LogP contribution is -2.24. The largest absolute Gasteiger partial charge is 0.455 e. The number of furan rings is 1. The molecular weight excluding hydrogens is 373 g/mol. The summed E-state index contributed by atoms with van der Waals surface area (Å²) < 4.78 is 5.66. The van der Waals surface area contributed by atoms with Gasteiger partial charge in [0.25, 0.3) is 0 Å². The van der Waals surface area contributed by atoms with E-state index in [9.17, 15) is 4.79 Å². The van der Waals surface area contributed by atoms with Crippen molar-refractivity contribution in [3.05, 3.63) is 76.0 Å². The van der Waals surface area contributed by atoms with E-state index in [-0.39, 0.29) is 0 Å². The quantitative estimate of drug-likeness (QED) is 0.444. The van der Waals surface area contributed by atoms with Crippen molar-refractivity contribution in [2.45, 2.75) is 6.92 Å². The fraction of sp³-hybridized carbons (Fsp3) is 0.0526. The highest BCUT2D eigenvalue weighted by molar-refractivity contribution is 6.36. The first-order valence-electron chi connectivity index (χ1n) is 7.74. The average molecular weight is 388 g/mol. The second-order valence-electron chi connectivity index (χ2n) is 5.47. The van der Waals surface area contributed by atoms with Crippen molar-refractivity contribution in [3.8, 4) is 11.3 Å². The maximum absolute atomic E-state index is 11.9. The molecule has 2 amide bonds. The minimum Gasteiger partial charge on any atom is -0.455 e. The number of amides is 2. The maximum atomic E-state index is 11.9. The second kappa shape index (κ2) is 8.08. The Morgan fingerprint density at radius 2 is 1.92 bits per heavy atom. The van der Waals surface area contributed by atoms with Gasteiger partial charge < -0.3 is 9.73 Å². The number of nitrogens with one attached hydrogen (secondary N) is 2. The van der Waals surface area contributed by atoms with E-state index in [1.165, 1.54) is 6.21 Å². The molecule has 5 nitrogen and oxygen atoms in total. The van der Waals surface area contributed by atoms with Crippen molar-refractivity contribution in [2.24, 2.45) is 5.10 Å². The van der Waals surface area contributed by atoms with E-state index in [4.69, 9.17) is 27.6 Å². The van der Waals surface area contributed by atoms with Crippen molar-refractivity contribution >= 4 is 41.1 Å². The third-order valence-electron chi connectivity index (χ3n) is 3.57. The number of halogens is 2. The monoisotopic (exact) mass is 387 g/mol. The van der Waals surface area contributed by atoms with Gasteiger partial charge in [-0.15, -0.1) is 0 Å². The first-order chi connectivity index (χ1) is 12.5. The predicted molar refractivity (Wildman–Crippen MR) is 105 cm³/mol. The molecule has 0 aliphatic heterocycles. The van der Waals surface area contributed by atoms with Crippen LogP contribution in [-0.4, -0.2) is 12.2 Å². The van der Waals surface area contributed by atoms with Crippen LogP contribution in [0.15, 0.2) is 64.1 Å². The molecule has 2 N–H and O–H groups in total. The van der Waals surface area contributed by atoms with Crippen LogP contribution in [-0.2, 0) is 0 Å². The van der Waals surface area contributed by atoms with Gasteiger partial charge in [-0.1, -0.05) is 41.4 Å². The van der Waals surface area contributed by atoms with Gasteiger partial charge in [-0.2, -0.15) is 5.10 Å². The zero-order valence-corrected chi connectivity index (χ0v) is 15.3. The standard InChI is InChI=1S/C19H15Cl2N3O2/c1-12-4-2-3-5-17(12)23-19(25)24-22-11-14-7-9-18(26-14)15-8-6-13(20)10-16(15)21/h2-11H,1H3,(H2,23,24,25). The number of para-hydroxylation sites is 1. The number of hydrogen-bond acceptors (Lipinski definition) is 3. The Balaban J connectivity index is 1.62. The van der Waals surface area contributed by atoms with E-state index in [0.717, 1.165) is 16.8 Å². The molecule has 0 radical (unpaired) electrons. The molecule has 3 rings (SSSR count). The van der Waals surface area contributed by atoms with Crippen LogP contribution in [0.2, 0.25) is 10.0 Å². The van der Waals surface area contributed by atoms with Gasteiger partial charge in [0.1, 0.15) is 11.5 Å². The van der Waals surface area contributed by atoms with Gasteiger partial charge in [0.05, 0.1) is 11.2 Å². The Morgan fingerprint density at radius 3 is 2.69 bits per heavy atom. The minimum absolute atomic E-state index is 0.442. The van der Waals surface area contributed by atoms with Crippen molar-refractivity contribution in [3.63, 3.8) is 0 Å². The molecule has 26 heavy (non-hydrogen) atoms. The molecule has 0 saturated carbocycles. The van der Waals surface area contributed by atoms with E-state index in [1.807, 2.05) is 31.2 Å². The molecule has 0 atom stereocenters. The Hall–Kier alpha value is -2.76. The normalized spacial score (nSPS) is 10.9. The molecule has 2 aromatic carbocycles. The highest BCUT2D eigenvalue weighted by Crippen LogP contribution is 2.31. The maximum Gasteiger partial charge on any atom is 0.339 e. The van der Waals surface area contributed by atoms with Gasteiger partial charge in [0.15, 0.2) is 0 Å². The number of hydrazone groups is 1. The smallest absolute Gasteiger partial charge is 0.339 e. The Bertz CT molecular complexity index is 967. The lowest BCUT2D eigenvalue weighted by Gasteiger charge is -2.06. The molecule has 0 unspecified atom stereocenters. The number of carbonyl (C=O) groups excluding carboxylic acids is 1. The summed E-state index contributed by atoms with van der Waals surface area (Å²) in [4.78, 5) is 11.9. The molecule has 0 spiro atoms. The third kappa shape index (κ3) is 4.45. The van der Waals surface area contributed by atoms with E-state index in [1.54, 1.807) is 30.3 Å². The zero-order valence-electron chi connectivity index (χ0n) is 13.8. The average Bonchev–Trinajstić information content (AvgIpc) is 3.05. The zero-order chi connectivity index (χ0) is 18.5. The van der Waals surface area contributed by atoms with E-state index in [2.05, 4.69) is 15.8 Å². The number of rotatable bonds is 4. The van der Waals surface area contributed by atoms with Gasteiger partial charge in [-0.3, -0.25) is 0 Å². The van der Waals surface area contributed by atoms with Gasteiger partial charge in [0.2, 0.25) is 0 Å². The van der Waals surface area contributed by atoms with Crippen LogP contribution in [0, 0.1) is 6.92 Å². The van der Waals surface area contributed by atoms with E-state index < -0.39 is 6.03 Å². The van der Waals surface area contributed by atoms with Crippen LogP contribution in [0.3, 0.4) is 0 Å². The molecule has 7 heteroatoms. The fourth-order valence-electron chi connectivity index (χ4n) is 2.27. The molecule has 3 aromatic rings. The highest BCUT2D eigenvalue weighted by atomic mass is 35.5. The molecule has 0 saturated heterocycles. The summed E-state index contributed by atoms with van der Waals surface area (Å²) >= 11 is 12.1. The van der Waals surface area contributed by atoms with Crippen LogP contribution < -0.4 is 10.7 Å². The second-order valence-corrected chi connectivity index (χ2v) is 6.31. The molecule has 1 heterocycles. The number of carbonyl (C=O) groups is 1. The molecule has 0 fully saturated rings. The lowest BCUT2D eigenvalue weighted by molar-refractivity contribution is 0.252. The third-order valence-corrected chi connectivity index (χ3v) is 4.12. The van der Waals surface area contributed by atoms with Crippen LogP contribution >= 0.6 is 23.2 Å². The van der Waals surface area contributed by atoms with Crippen molar-refractivity contribution in [2.75, 3.05) is 5.32 Å². The van der Waals surface area contributed by atoms with Crippen molar-refractivity contribution in [1.29, 1.82) is 0 Å². The number of urea groups is 1. The van der Waals surface area contributed by atoms with E-state index in [0.29, 0.717) is 21.6 Å². The summed E-state index contributed by atoms with van der Waals surface area (Å²) in [5.41, 5.74) is 4.79. The van der Waals surface area contributed by atoms with Crippen LogP contribution in [0.5, 0.6) is 0 Å². The Labute approximate surface area is 160 Å². The van der Waals surface area contributed by atoms with Crippen LogP contribution in [0.4, 0.5) is 10.5 Å². The topological polar surface area (TPSA) is 66.6 Å². The number of hydrogen-bond donors (Lipinski definition) is 2. The molecule has 132 valence electrons. The highest BCUT2D eigenvalue weighted by Gasteiger charge is 2.08. The molecule has 1 aromatic heterocycles.